The molecule has 0 fully saturated rings. The fourth-order valence-electron chi connectivity index (χ4n) is 8.12. The molecule has 266 valence electrons. The van der Waals surface area contributed by atoms with Gasteiger partial charge < -0.3 is 9.13 Å². The number of aromatic nitrogens is 4. The first kappa shape index (κ1) is 33.7. The third-order valence-electron chi connectivity index (χ3n) is 10.6. The van der Waals surface area contributed by atoms with Crippen LogP contribution in [0.25, 0.3) is 88.9 Å². The molecule has 0 unspecified atom stereocenters. The third kappa shape index (κ3) is 5.35. The monoisotopic (exact) mass is 738 g/mol. The predicted octanol–water partition coefficient (Wildman–Crippen LogP) is 11.2. The summed E-state index contributed by atoms with van der Waals surface area (Å²) in [5.74, 6) is 0.310. The highest BCUT2D eigenvalue weighted by Crippen LogP contribution is 2.39. The SMILES string of the molecule is N#Cc1cccc(-c2cc(-c3c(C#N)cc(-n4c5ccccc5c5cc(-n6c7ccccc7c7ccccc76)ccc54)cc3C#N)nc(-c3cccc(C#N)c3)n2)c1. The molecule has 0 saturated heterocycles. The van der Waals surface area contributed by atoms with Crippen LogP contribution in [-0.4, -0.2) is 19.1 Å². The molecule has 0 aliphatic heterocycles. The smallest absolute Gasteiger partial charge is 0.160 e. The van der Waals surface area contributed by atoms with Gasteiger partial charge in [-0.1, -0.05) is 78.9 Å². The Morgan fingerprint density at radius 3 is 1.47 bits per heavy atom. The summed E-state index contributed by atoms with van der Waals surface area (Å²) in [7, 11) is 0. The molecular weight excluding hydrogens is 713 g/mol. The van der Waals surface area contributed by atoms with Crippen molar-refractivity contribution in [1.82, 2.24) is 19.1 Å². The van der Waals surface area contributed by atoms with Gasteiger partial charge >= 0.3 is 0 Å². The van der Waals surface area contributed by atoms with E-state index in [0.29, 0.717) is 50.7 Å². The van der Waals surface area contributed by atoms with Gasteiger partial charge in [-0.3, -0.25) is 0 Å². The largest absolute Gasteiger partial charge is 0.309 e. The Hall–Kier alpha value is -8.82. The maximum absolute atomic E-state index is 10.8. The van der Waals surface area contributed by atoms with Crippen LogP contribution in [0.15, 0.2) is 158 Å². The van der Waals surface area contributed by atoms with Crippen LogP contribution in [0, 0.1) is 45.3 Å². The number of benzene rings is 7. The first-order valence-corrected chi connectivity index (χ1v) is 18.5. The minimum atomic E-state index is 0.258. The van der Waals surface area contributed by atoms with Crippen LogP contribution in [0.4, 0.5) is 0 Å². The van der Waals surface area contributed by atoms with Gasteiger partial charge in [0.2, 0.25) is 0 Å². The van der Waals surface area contributed by atoms with Gasteiger partial charge in [-0.2, -0.15) is 21.0 Å². The van der Waals surface area contributed by atoms with Crippen LogP contribution >= 0.6 is 0 Å². The Kier molecular flexibility index (Phi) is 7.84. The number of rotatable bonds is 5. The Balaban J connectivity index is 1.18. The van der Waals surface area contributed by atoms with Gasteiger partial charge in [0.15, 0.2) is 5.82 Å². The van der Waals surface area contributed by atoms with Crippen LogP contribution in [0.5, 0.6) is 0 Å². The molecule has 3 heterocycles. The summed E-state index contributed by atoms with van der Waals surface area (Å²) in [6, 6.07) is 59.9. The van der Waals surface area contributed by atoms with Crippen LogP contribution < -0.4 is 0 Å². The van der Waals surface area contributed by atoms with E-state index in [-0.39, 0.29) is 11.1 Å². The summed E-state index contributed by atoms with van der Waals surface area (Å²) in [5, 5.41) is 45.3. The van der Waals surface area contributed by atoms with Crippen LogP contribution in [-0.2, 0) is 0 Å². The molecule has 0 N–H and O–H groups in total. The van der Waals surface area contributed by atoms with E-state index >= 15 is 0 Å². The second-order valence-corrected chi connectivity index (χ2v) is 13.9. The van der Waals surface area contributed by atoms with E-state index in [1.807, 2.05) is 24.3 Å². The molecule has 3 aromatic heterocycles. The molecular formula is C50H26N8. The number of nitrogens with zero attached hydrogens (tertiary/aromatic N) is 8. The van der Waals surface area contributed by atoms with Crippen molar-refractivity contribution in [3.05, 3.63) is 180 Å². The molecule has 0 amide bonds. The fraction of sp³-hybridized carbons (Fsp3) is 0. The standard InChI is InChI=1S/C50H26N8/c51-27-31-9-7-11-33(21-31)43-26-44(56-50(55-43)34-12-8-10-32(22-34)28-52)49-35(29-53)23-38(24-36(49)30-54)58-47-18-6-3-15-41(47)42-25-37(19-20-48(42)58)57-45-16-4-1-13-39(45)40-14-2-5-17-46(40)57/h1-26H. The molecule has 10 aromatic rings. The first-order valence-electron chi connectivity index (χ1n) is 18.5. The number of fused-ring (bicyclic) bond motifs is 6. The summed E-state index contributed by atoms with van der Waals surface area (Å²) < 4.78 is 4.40. The average Bonchev–Trinajstić information content (AvgIpc) is 3.81. The van der Waals surface area contributed by atoms with Gasteiger partial charge in [-0.05, 0) is 78.9 Å². The molecule has 0 radical (unpaired) electrons. The van der Waals surface area contributed by atoms with Crippen molar-refractivity contribution in [1.29, 1.82) is 21.0 Å². The minimum Gasteiger partial charge on any atom is -0.309 e. The maximum atomic E-state index is 10.8. The lowest BCUT2D eigenvalue weighted by molar-refractivity contribution is 1.15. The minimum absolute atomic E-state index is 0.258. The van der Waals surface area contributed by atoms with Crippen LogP contribution in [0.3, 0.4) is 0 Å². The van der Waals surface area contributed by atoms with E-state index in [9.17, 15) is 21.0 Å². The summed E-state index contributed by atoms with van der Waals surface area (Å²) in [5.41, 5.74) is 9.66. The zero-order valence-electron chi connectivity index (χ0n) is 30.6. The summed E-state index contributed by atoms with van der Waals surface area (Å²) >= 11 is 0. The molecule has 0 aliphatic carbocycles. The van der Waals surface area contributed by atoms with Crippen molar-refractivity contribution in [2.45, 2.75) is 0 Å². The molecule has 0 saturated carbocycles. The highest BCUT2D eigenvalue weighted by molar-refractivity contribution is 6.12. The fourth-order valence-corrected chi connectivity index (χ4v) is 8.12. The van der Waals surface area contributed by atoms with Gasteiger partial charge in [-0.25, -0.2) is 9.97 Å². The Morgan fingerprint density at radius 2 is 0.879 bits per heavy atom. The van der Waals surface area contributed by atoms with Gasteiger partial charge in [0.25, 0.3) is 0 Å². The van der Waals surface area contributed by atoms with Crippen molar-refractivity contribution in [2.24, 2.45) is 0 Å². The number of nitriles is 4. The van der Waals surface area contributed by atoms with E-state index < -0.39 is 0 Å². The molecule has 0 bridgehead atoms. The second kappa shape index (κ2) is 13.5. The number of hydrogen-bond acceptors (Lipinski definition) is 6. The van der Waals surface area contributed by atoms with E-state index in [1.165, 1.54) is 10.8 Å². The number of hydrogen-bond donors (Lipinski definition) is 0. The lowest BCUT2D eigenvalue weighted by Crippen LogP contribution is -2.02. The molecule has 0 aliphatic rings. The molecule has 8 heteroatoms. The van der Waals surface area contributed by atoms with Crippen molar-refractivity contribution in [3.8, 4) is 69.6 Å². The van der Waals surface area contributed by atoms with Gasteiger partial charge in [0.05, 0.1) is 80.0 Å². The highest BCUT2D eigenvalue weighted by atomic mass is 15.0. The highest BCUT2D eigenvalue weighted by Gasteiger charge is 2.22. The Morgan fingerprint density at radius 1 is 0.379 bits per heavy atom. The second-order valence-electron chi connectivity index (χ2n) is 13.9. The Labute approximate surface area is 332 Å². The summed E-state index contributed by atoms with van der Waals surface area (Å²) in [6.07, 6.45) is 0. The molecule has 0 spiro atoms. The van der Waals surface area contributed by atoms with E-state index in [4.69, 9.17) is 9.97 Å². The quantitative estimate of drug-likeness (QED) is 0.173. The van der Waals surface area contributed by atoms with E-state index in [0.717, 1.165) is 38.5 Å². The molecule has 0 atom stereocenters. The zero-order valence-corrected chi connectivity index (χ0v) is 30.6. The third-order valence-corrected chi connectivity index (χ3v) is 10.6. The first-order chi connectivity index (χ1) is 28.6. The van der Waals surface area contributed by atoms with Crippen molar-refractivity contribution in [3.63, 3.8) is 0 Å². The lowest BCUT2D eigenvalue weighted by Gasteiger charge is -2.15. The molecule has 7 aromatic carbocycles. The molecule has 8 nitrogen and oxygen atoms in total. The van der Waals surface area contributed by atoms with Crippen molar-refractivity contribution >= 4 is 43.6 Å². The van der Waals surface area contributed by atoms with E-state index in [2.05, 4.69) is 112 Å². The zero-order chi connectivity index (χ0) is 39.3. The van der Waals surface area contributed by atoms with Crippen molar-refractivity contribution in [2.75, 3.05) is 0 Å². The van der Waals surface area contributed by atoms with Crippen LogP contribution in [0.1, 0.15) is 22.3 Å². The van der Waals surface area contributed by atoms with E-state index in [1.54, 1.807) is 54.6 Å². The topological polar surface area (TPSA) is 131 Å². The van der Waals surface area contributed by atoms with Gasteiger partial charge in [0.1, 0.15) is 0 Å². The molecule has 10 rings (SSSR count). The average molecular weight is 739 g/mol. The maximum Gasteiger partial charge on any atom is 0.160 e. The Bertz CT molecular complexity index is 3360. The predicted molar refractivity (Wildman–Crippen MR) is 226 cm³/mol. The summed E-state index contributed by atoms with van der Waals surface area (Å²) in [4.78, 5) is 9.75. The number of para-hydroxylation sites is 3. The summed E-state index contributed by atoms with van der Waals surface area (Å²) in [6.45, 7) is 0. The van der Waals surface area contributed by atoms with Gasteiger partial charge in [0, 0.05) is 49.6 Å². The van der Waals surface area contributed by atoms with Crippen molar-refractivity contribution < 1.29 is 0 Å². The molecule has 58 heavy (non-hydrogen) atoms. The lowest BCUT2D eigenvalue weighted by atomic mass is 9.96. The van der Waals surface area contributed by atoms with Crippen LogP contribution in [0.2, 0.25) is 0 Å². The normalized spacial score (nSPS) is 11.0. The van der Waals surface area contributed by atoms with Gasteiger partial charge in [-0.15, -0.1) is 0 Å².